The van der Waals surface area contributed by atoms with E-state index < -0.39 is 24.2 Å². The van der Waals surface area contributed by atoms with E-state index in [1.165, 1.54) is 11.6 Å². The van der Waals surface area contributed by atoms with Gasteiger partial charge in [-0.15, -0.1) is 0 Å². The van der Waals surface area contributed by atoms with Crippen LogP contribution >= 0.6 is 0 Å². The first-order chi connectivity index (χ1) is 15.4. The van der Waals surface area contributed by atoms with E-state index in [0.29, 0.717) is 6.42 Å². The summed E-state index contributed by atoms with van der Waals surface area (Å²) < 4.78 is 11.7. The summed E-state index contributed by atoms with van der Waals surface area (Å²) in [6.45, 7) is 4.25. The molecule has 0 aliphatic carbocycles. The first kappa shape index (κ1) is 24.3. The van der Waals surface area contributed by atoms with Gasteiger partial charge in [0.15, 0.2) is 0 Å². The number of aliphatic hydroxyl groups excluding tert-OH is 1. The molecule has 1 aliphatic heterocycles. The Morgan fingerprint density at radius 1 is 1.09 bits per heavy atom. The molecule has 172 valence electrons. The Hall–Kier alpha value is -2.34. The van der Waals surface area contributed by atoms with Crippen molar-refractivity contribution in [2.24, 2.45) is 5.92 Å². The molecule has 1 heterocycles. The van der Waals surface area contributed by atoms with Crippen molar-refractivity contribution in [2.45, 2.75) is 56.3 Å². The molecule has 0 spiro atoms. The molecule has 0 radical (unpaired) electrons. The average Bonchev–Trinajstić information content (AvgIpc) is 2.80. The number of hydrogen-bond acceptors (Lipinski definition) is 5. The number of carbonyl (C=O) groups is 2. The van der Waals surface area contributed by atoms with Gasteiger partial charge < -0.3 is 0 Å². The van der Waals surface area contributed by atoms with Crippen LogP contribution in [0.25, 0.3) is 0 Å². The molecule has 0 unspecified atom stereocenters. The van der Waals surface area contributed by atoms with Gasteiger partial charge in [0.05, 0.1) is 0 Å². The van der Waals surface area contributed by atoms with Gasteiger partial charge in [-0.05, 0) is 0 Å². The number of benzene rings is 2. The van der Waals surface area contributed by atoms with E-state index >= 15 is 0 Å². The predicted octanol–water partition coefficient (Wildman–Crippen LogP) is 3.16. The van der Waals surface area contributed by atoms with E-state index in [2.05, 4.69) is 12.1 Å². The second kappa shape index (κ2) is 11.5. The SMILES string of the molecule is COC(=O)C[C@@H]1C[C@H](O)[C@@H]([Se]c2ccccc2)[C@H](C(C)C)N1C(=O)OCc1ccccc1. The standard InChI is InChI=1S/C25H31NO5Se/c1-17(2)23-24(32-20-12-8-5-9-13-20)21(27)14-19(15-22(28)30-3)26(23)25(29)31-16-18-10-6-4-7-11-18/h4-13,17,19,21,23-24,27H,14-16H2,1-3H3/t19-,21-,23-,24+/m0/s1. The van der Waals surface area contributed by atoms with E-state index in [1.807, 2.05) is 62.4 Å². The number of hydrogen-bond donors (Lipinski definition) is 1. The molecule has 1 saturated heterocycles. The van der Waals surface area contributed by atoms with Gasteiger partial charge in [0.1, 0.15) is 0 Å². The summed E-state index contributed by atoms with van der Waals surface area (Å²) in [5.41, 5.74) is 0.897. The predicted molar refractivity (Wildman–Crippen MR) is 124 cm³/mol. The van der Waals surface area contributed by atoms with E-state index in [9.17, 15) is 14.7 Å². The van der Waals surface area contributed by atoms with Crippen molar-refractivity contribution in [3.05, 3.63) is 66.2 Å². The number of carbonyl (C=O) groups excluding carboxylic acids is 2. The van der Waals surface area contributed by atoms with Crippen LogP contribution in [-0.4, -0.2) is 62.3 Å². The fourth-order valence-electron chi connectivity index (χ4n) is 4.18. The van der Waals surface area contributed by atoms with Crippen LogP contribution in [-0.2, 0) is 20.9 Å². The molecule has 7 heteroatoms. The van der Waals surface area contributed by atoms with Crippen LogP contribution < -0.4 is 4.46 Å². The van der Waals surface area contributed by atoms with Crippen LogP contribution in [0.5, 0.6) is 0 Å². The van der Waals surface area contributed by atoms with Gasteiger partial charge in [-0.1, -0.05) is 0 Å². The van der Waals surface area contributed by atoms with Crippen LogP contribution in [0.3, 0.4) is 0 Å². The summed E-state index contributed by atoms with van der Waals surface area (Å²) in [6.07, 6.45) is -0.724. The van der Waals surface area contributed by atoms with Gasteiger partial charge in [0, 0.05) is 0 Å². The quantitative estimate of drug-likeness (QED) is 0.463. The van der Waals surface area contributed by atoms with Crippen LogP contribution in [0.4, 0.5) is 4.79 Å². The summed E-state index contributed by atoms with van der Waals surface area (Å²) in [4.78, 5) is 27.0. The van der Waals surface area contributed by atoms with E-state index in [4.69, 9.17) is 9.47 Å². The van der Waals surface area contributed by atoms with Crippen LogP contribution in [0.1, 0.15) is 32.3 Å². The Balaban J connectivity index is 1.87. The first-order valence-electron chi connectivity index (χ1n) is 10.9. The molecule has 0 saturated carbocycles. The molecule has 1 amide bonds. The molecule has 1 aliphatic rings. The number of rotatable bonds is 7. The third-order valence-corrected chi connectivity index (χ3v) is 8.65. The van der Waals surface area contributed by atoms with E-state index in [1.54, 1.807) is 4.90 Å². The van der Waals surface area contributed by atoms with Crippen LogP contribution in [0.2, 0.25) is 4.82 Å². The van der Waals surface area contributed by atoms with Gasteiger partial charge in [0.2, 0.25) is 0 Å². The normalized spacial score (nSPS) is 23.1. The Bertz CT molecular complexity index is 876. The number of methoxy groups -OCH3 is 1. The molecule has 4 atom stereocenters. The molecule has 1 N–H and O–H groups in total. The molecule has 0 bridgehead atoms. The van der Waals surface area contributed by atoms with Crippen molar-refractivity contribution in [3.63, 3.8) is 0 Å². The van der Waals surface area contributed by atoms with Gasteiger partial charge >= 0.3 is 196 Å². The Labute approximate surface area is 196 Å². The number of amides is 1. The molecule has 2 aromatic rings. The zero-order valence-corrected chi connectivity index (χ0v) is 20.4. The number of esters is 1. The molecule has 32 heavy (non-hydrogen) atoms. The second-order valence-electron chi connectivity index (χ2n) is 8.31. The summed E-state index contributed by atoms with van der Waals surface area (Å²) in [6, 6.07) is 18.8. The van der Waals surface area contributed by atoms with E-state index in [0.717, 1.165) is 5.56 Å². The minimum atomic E-state index is -0.615. The molecule has 3 rings (SSSR count). The molecular formula is C25H31NO5Se. The number of ether oxygens (including phenoxy) is 2. The second-order valence-corrected chi connectivity index (χ2v) is 10.9. The fraction of sp³-hybridized carbons (Fsp3) is 0.440. The average molecular weight is 504 g/mol. The van der Waals surface area contributed by atoms with Crippen molar-refractivity contribution < 1.29 is 24.2 Å². The summed E-state index contributed by atoms with van der Waals surface area (Å²) in [5.74, 6) is -0.331. The summed E-state index contributed by atoms with van der Waals surface area (Å²) >= 11 is -0.0518. The summed E-state index contributed by atoms with van der Waals surface area (Å²) in [7, 11) is 1.33. The van der Waals surface area contributed by atoms with Crippen molar-refractivity contribution in [2.75, 3.05) is 7.11 Å². The maximum atomic E-state index is 13.3. The minimum absolute atomic E-state index is 0.0300. The van der Waals surface area contributed by atoms with Crippen molar-refractivity contribution in [1.29, 1.82) is 0 Å². The number of likely N-dealkylation sites (tertiary alicyclic amines) is 1. The van der Waals surface area contributed by atoms with E-state index in [-0.39, 0.29) is 44.8 Å². The Morgan fingerprint density at radius 2 is 1.72 bits per heavy atom. The van der Waals surface area contributed by atoms with Crippen molar-refractivity contribution in [1.82, 2.24) is 4.90 Å². The van der Waals surface area contributed by atoms with Crippen LogP contribution in [0.15, 0.2) is 60.7 Å². The fourth-order valence-corrected chi connectivity index (χ4v) is 7.29. The van der Waals surface area contributed by atoms with Crippen LogP contribution in [0, 0.1) is 5.92 Å². The molecule has 2 aromatic carbocycles. The molecular weight excluding hydrogens is 473 g/mol. The third kappa shape index (κ3) is 6.12. The Kier molecular flexibility index (Phi) is 8.74. The zero-order valence-electron chi connectivity index (χ0n) is 18.7. The van der Waals surface area contributed by atoms with Gasteiger partial charge in [-0.25, -0.2) is 0 Å². The number of piperidine rings is 1. The molecule has 6 nitrogen and oxygen atoms in total. The topological polar surface area (TPSA) is 76.1 Å². The van der Waals surface area contributed by atoms with Crippen molar-refractivity contribution in [3.8, 4) is 0 Å². The third-order valence-electron chi connectivity index (χ3n) is 5.69. The van der Waals surface area contributed by atoms with Crippen molar-refractivity contribution >= 4 is 31.5 Å². The van der Waals surface area contributed by atoms with Gasteiger partial charge in [-0.2, -0.15) is 0 Å². The van der Waals surface area contributed by atoms with Gasteiger partial charge in [0.25, 0.3) is 0 Å². The number of nitrogens with zero attached hydrogens (tertiary/aromatic N) is 1. The molecule has 0 aromatic heterocycles. The van der Waals surface area contributed by atoms with Gasteiger partial charge in [-0.3, -0.25) is 0 Å². The summed E-state index contributed by atoms with van der Waals surface area (Å²) in [5, 5.41) is 11.1. The Morgan fingerprint density at radius 3 is 2.31 bits per heavy atom. The monoisotopic (exact) mass is 505 g/mol. The first-order valence-corrected chi connectivity index (χ1v) is 12.7. The maximum absolute atomic E-state index is 13.3. The molecule has 1 fully saturated rings. The number of aliphatic hydroxyl groups is 1. The zero-order chi connectivity index (χ0) is 23.1.